The second kappa shape index (κ2) is 7.49. The second-order valence-corrected chi connectivity index (χ2v) is 7.01. The quantitative estimate of drug-likeness (QED) is 0.744. The van der Waals surface area contributed by atoms with Crippen molar-refractivity contribution in [3.8, 4) is 11.4 Å². The molecule has 1 N–H and O–H groups in total. The van der Waals surface area contributed by atoms with E-state index < -0.39 is 11.6 Å². The van der Waals surface area contributed by atoms with Crippen LogP contribution in [0, 0.1) is 11.6 Å². The minimum Gasteiger partial charge on any atom is -0.353 e. The number of nitrogens with zero attached hydrogens (tertiary/aromatic N) is 5. The number of carbonyl (C=O) groups is 1. The molecular formula is C19H20F2N6O. The summed E-state index contributed by atoms with van der Waals surface area (Å²) in [5.41, 5.74) is 1.35. The summed E-state index contributed by atoms with van der Waals surface area (Å²) in [6, 6.07) is 3.51. The maximum absolute atomic E-state index is 13.3. The molecule has 4 rings (SSSR count). The molecule has 146 valence electrons. The van der Waals surface area contributed by atoms with Crippen molar-refractivity contribution in [3.05, 3.63) is 53.6 Å². The molecule has 2 aromatic heterocycles. The molecule has 9 heteroatoms. The number of fused-ring (bicyclic) bond motifs is 1. The van der Waals surface area contributed by atoms with Crippen LogP contribution in [0.5, 0.6) is 0 Å². The van der Waals surface area contributed by atoms with Gasteiger partial charge < -0.3 is 9.88 Å². The molecule has 0 aliphatic carbocycles. The average Bonchev–Trinajstić information content (AvgIpc) is 3.21. The third-order valence-corrected chi connectivity index (χ3v) is 4.92. The van der Waals surface area contributed by atoms with Gasteiger partial charge >= 0.3 is 0 Å². The maximum atomic E-state index is 13.3. The second-order valence-electron chi connectivity index (χ2n) is 7.01. The molecule has 0 spiro atoms. The van der Waals surface area contributed by atoms with E-state index in [2.05, 4.69) is 25.2 Å². The third-order valence-electron chi connectivity index (χ3n) is 4.92. The van der Waals surface area contributed by atoms with Gasteiger partial charge in [-0.2, -0.15) is 5.10 Å². The molecule has 0 saturated carbocycles. The lowest BCUT2D eigenvalue weighted by Crippen LogP contribution is -2.36. The van der Waals surface area contributed by atoms with Gasteiger partial charge in [0, 0.05) is 32.3 Å². The fourth-order valence-corrected chi connectivity index (χ4v) is 3.50. The van der Waals surface area contributed by atoms with E-state index in [1.807, 2.05) is 13.2 Å². The van der Waals surface area contributed by atoms with Crippen LogP contribution in [-0.2, 0) is 31.2 Å². The number of benzene rings is 1. The van der Waals surface area contributed by atoms with E-state index in [9.17, 15) is 13.6 Å². The van der Waals surface area contributed by atoms with E-state index in [0.29, 0.717) is 18.5 Å². The van der Waals surface area contributed by atoms with Crippen molar-refractivity contribution in [2.75, 3.05) is 0 Å². The monoisotopic (exact) mass is 386 g/mol. The van der Waals surface area contributed by atoms with Crippen molar-refractivity contribution in [2.24, 2.45) is 7.05 Å². The first-order valence-electron chi connectivity index (χ1n) is 9.14. The Morgan fingerprint density at radius 3 is 2.86 bits per heavy atom. The van der Waals surface area contributed by atoms with Crippen molar-refractivity contribution in [2.45, 2.75) is 38.3 Å². The van der Waals surface area contributed by atoms with E-state index in [1.54, 1.807) is 10.9 Å². The number of rotatable bonds is 4. The molecular weight excluding hydrogens is 366 g/mol. The molecule has 28 heavy (non-hydrogen) atoms. The number of nitrogens with one attached hydrogen (secondary N) is 1. The van der Waals surface area contributed by atoms with E-state index in [0.717, 1.165) is 42.2 Å². The van der Waals surface area contributed by atoms with E-state index >= 15 is 0 Å². The fraction of sp³-hybridized carbons (Fsp3) is 0.368. The molecule has 1 aliphatic rings. The molecule has 1 atom stereocenters. The molecule has 1 amide bonds. The highest BCUT2D eigenvalue weighted by Crippen LogP contribution is 2.22. The molecule has 7 nitrogen and oxygen atoms in total. The summed E-state index contributed by atoms with van der Waals surface area (Å²) in [5.74, 6) is -0.407. The highest BCUT2D eigenvalue weighted by atomic mass is 19.2. The lowest BCUT2D eigenvalue weighted by Gasteiger charge is -2.16. The van der Waals surface area contributed by atoms with Gasteiger partial charge in [-0.1, -0.05) is 6.07 Å². The topological polar surface area (TPSA) is 77.6 Å². The highest BCUT2D eigenvalue weighted by molar-refractivity contribution is 5.78. The highest BCUT2D eigenvalue weighted by Gasteiger charge is 2.22. The van der Waals surface area contributed by atoms with Gasteiger partial charge in [0.1, 0.15) is 5.82 Å². The van der Waals surface area contributed by atoms with Crippen molar-refractivity contribution in [3.63, 3.8) is 0 Å². The lowest BCUT2D eigenvalue weighted by atomic mass is 10.1. The fourth-order valence-electron chi connectivity index (χ4n) is 3.50. The van der Waals surface area contributed by atoms with Crippen LogP contribution in [0.1, 0.15) is 24.2 Å². The maximum Gasteiger partial charge on any atom is 0.224 e. The Labute approximate surface area is 160 Å². The molecule has 0 saturated heterocycles. The molecule has 1 aliphatic heterocycles. The first-order valence-corrected chi connectivity index (χ1v) is 9.14. The first kappa shape index (κ1) is 18.3. The van der Waals surface area contributed by atoms with Gasteiger partial charge in [-0.3, -0.25) is 9.48 Å². The summed E-state index contributed by atoms with van der Waals surface area (Å²) in [6.45, 7) is 0.683. The van der Waals surface area contributed by atoms with Gasteiger partial charge in [-0.25, -0.2) is 8.78 Å². The molecule has 3 aromatic rings. The summed E-state index contributed by atoms with van der Waals surface area (Å²) in [6.07, 6.45) is 5.84. The summed E-state index contributed by atoms with van der Waals surface area (Å²) < 4.78 is 30.1. The van der Waals surface area contributed by atoms with Crippen molar-refractivity contribution in [1.82, 2.24) is 29.9 Å². The van der Waals surface area contributed by atoms with Gasteiger partial charge in [0.15, 0.2) is 17.5 Å². The van der Waals surface area contributed by atoms with Crippen molar-refractivity contribution < 1.29 is 13.6 Å². The molecule has 0 radical (unpaired) electrons. The van der Waals surface area contributed by atoms with Crippen LogP contribution >= 0.6 is 0 Å². The number of aromatic nitrogens is 5. The zero-order valence-corrected chi connectivity index (χ0v) is 15.4. The van der Waals surface area contributed by atoms with Crippen LogP contribution in [0.2, 0.25) is 0 Å². The van der Waals surface area contributed by atoms with Crippen molar-refractivity contribution in [1.29, 1.82) is 0 Å². The van der Waals surface area contributed by atoms with Gasteiger partial charge in [-0.15, -0.1) is 10.2 Å². The minimum absolute atomic E-state index is 0.0127. The smallest absolute Gasteiger partial charge is 0.224 e. The number of halogens is 2. The Morgan fingerprint density at radius 1 is 1.25 bits per heavy atom. The molecule has 1 aromatic carbocycles. The Hall–Kier alpha value is -3.10. The normalized spacial score (nSPS) is 16.5. The molecule has 1 unspecified atom stereocenters. The van der Waals surface area contributed by atoms with E-state index in [1.165, 1.54) is 6.07 Å². The van der Waals surface area contributed by atoms with Crippen LogP contribution in [-0.4, -0.2) is 36.5 Å². The Bertz CT molecular complexity index is 1010. The van der Waals surface area contributed by atoms with Crippen LogP contribution < -0.4 is 5.32 Å². The van der Waals surface area contributed by atoms with Crippen LogP contribution in [0.3, 0.4) is 0 Å². The summed E-state index contributed by atoms with van der Waals surface area (Å²) in [5, 5.41) is 15.7. The van der Waals surface area contributed by atoms with E-state index in [4.69, 9.17) is 0 Å². The Kier molecular flexibility index (Phi) is 4.89. The summed E-state index contributed by atoms with van der Waals surface area (Å²) >= 11 is 0. The third kappa shape index (κ3) is 3.78. The standard InChI is InChI=1S/C19H20F2N6O/c1-26-11-13(10-22-26)19-25-24-17-5-3-14(6-7-27(17)19)23-18(28)9-12-2-4-15(20)16(21)8-12/h2,4,8,10-11,14H,3,5-7,9H2,1H3,(H,23,28). The number of hydrogen-bond acceptors (Lipinski definition) is 4. The predicted octanol–water partition coefficient (Wildman–Crippen LogP) is 2.02. The largest absolute Gasteiger partial charge is 0.353 e. The first-order chi connectivity index (χ1) is 13.5. The van der Waals surface area contributed by atoms with Gasteiger partial charge in [0.05, 0.1) is 18.2 Å². The van der Waals surface area contributed by atoms with Crippen LogP contribution in [0.15, 0.2) is 30.6 Å². The molecule has 0 bridgehead atoms. The predicted molar refractivity (Wildman–Crippen MR) is 97.2 cm³/mol. The van der Waals surface area contributed by atoms with Crippen LogP contribution in [0.25, 0.3) is 11.4 Å². The van der Waals surface area contributed by atoms with Gasteiger partial charge in [0.2, 0.25) is 5.91 Å². The van der Waals surface area contributed by atoms with Crippen molar-refractivity contribution >= 4 is 5.91 Å². The summed E-state index contributed by atoms with van der Waals surface area (Å²) in [7, 11) is 1.85. The zero-order chi connectivity index (χ0) is 19.7. The number of amides is 1. The SMILES string of the molecule is Cn1cc(-c2nnc3n2CCC(NC(=O)Cc2ccc(F)c(F)c2)CC3)cn1. The average molecular weight is 386 g/mol. The number of hydrogen-bond donors (Lipinski definition) is 1. The van der Waals surface area contributed by atoms with E-state index in [-0.39, 0.29) is 18.4 Å². The Balaban J connectivity index is 1.39. The molecule has 3 heterocycles. The summed E-state index contributed by atoms with van der Waals surface area (Å²) in [4.78, 5) is 12.3. The number of aryl methyl sites for hydroxylation is 2. The zero-order valence-electron chi connectivity index (χ0n) is 15.4. The minimum atomic E-state index is -0.944. The number of carbonyl (C=O) groups excluding carboxylic acids is 1. The molecule has 0 fully saturated rings. The van der Waals surface area contributed by atoms with Gasteiger partial charge in [0.25, 0.3) is 0 Å². The van der Waals surface area contributed by atoms with Crippen LogP contribution in [0.4, 0.5) is 8.78 Å². The van der Waals surface area contributed by atoms with Gasteiger partial charge in [-0.05, 0) is 30.5 Å². The lowest BCUT2D eigenvalue weighted by molar-refractivity contribution is -0.121. The Morgan fingerprint density at radius 2 is 2.11 bits per heavy atom.